The van der Waals surface area contributed by atoms with E-state index in [1.807, 2.05) is 13.0 Å². The van der Waals surface area contributed by atoms with Crippen molar-refractivity contribution in [2.24, 2.45) is 5.14 Å². The van der Waals surface area contributed by atoms with Gasteiger partial charge in [0.05, 0.1) is 12.4 Å². The van der Waals surface area contributed by atoms with Crippen molar-refractivity contribution in [1.82, 2.24) is 0 Å². The van der Waals surface area contributed by atoms with Crippen molar-refractivity contribution in [3.63, 3.8) is 0 Å². The van der Waals surface area contributed by atoms with Crippen molar-refractivity contribution >= 4 is 21.4 Å². The molecule has 1 aromatic rings. The third-order valence-corrected chi connectivity index (χ3v) is 3.03. The fraction of sp³-hybridized carbons (Fsp3) is 0.455. The van der Waals surface area contributed by atoms with Crippen LogP contribution in [0.25, 0.3) is 0 Å². The molecule has 18 heavy (non-hydrogen) atoms. The summed E-state index contributed by atoms with van der Waals surface area (Å²) in [6, 6.07) is 5.31. The van der Waals surface area contributed by atoms with Gasteiger partial charge >= 0.3 is 0 Å². The topological polar surface area (TPSA) is 107 Å². The van der Waals surface area contributed by atoms with Gasteiger partial charge in [0.25, 0.3) is 0 Å². The molecule has 0 saturated carbocycles. The standard InChI is InChI=1S/C11H19N3O3S/c1-2-17-11-7-9(12)6-10(8-11)14-4-3-5-18(13,15)16/h6-8,14H,2-5,12H2,1H3,(H2,13,15,16). The monoisotopic (exact) mass is 273 g/mol. The van der Waals surface area contributed by atoms with Crippen LogP contribution in [0.1, 0.15) is 13.3 Å². The minimum absolute atomic E-state index is 0.0410. The number of rotatable bonds is 7. The summed E-state index contributed by atoms with van der Waals surface area (Å²) in [5.74, 6) is 0.645. The molecule has 0 saturated heterocycles. The average molecular weight is 273 g/mol. The smallest absolute Gasteiger partial charge is 0.209 e. The molecule has 1 aromatic carbocycles. The molecule has 102 valence electrons. The first-order valence-electron chi connectivity index (χ1n) is 5.68. The van der Waals surface area contributed by atoms with Crippen LogP contribution >= 0.6 is 0 Å². The molecule has 0 heterocycles. The van der Waals surface area contributed by atoms with Gasteiger partial charge in [-0.15, -0.1) is 0 Å². The first kappa shape index (κ1) is 14.6. The number of hydrogen-bond donors (Lipinski definition) is 3. The Labute approximate surface area is 107 Å². The van der Waals surface area contributed by atoms with Crippen molar-refractivity contribution in [2.45, 2.75) is 13.3 Å². The number of benzene rings is 1. The second kappa shape index (κ2) is 6.46. The summed E-state index contributed by atoms with van der Waals surface area (Å²) >= 11 is 0. The van der Waals surface area contributed by atoms with E-state index in [9.17, 15) is 8.42 Å². The molecule has 0 unspecified atom stereocenters. The molecule has 0 aliphatic rings. The molecule has 0 atom stereocenters. The van der Waals surface area contributed by atoms with Crippen LogP contribution < -0.4 is 20.9 Å². The molecule has 5 N–H and O–H groups in total. The summed E-state index contributed by atoms with van der Waals surface area (Å²) in [7, 11) is -3.39. The van der Waals surface area contributed by atoms with Gasteiger partial charge in [0, 0.05) is 30.1 Å². The zero-order valence-electron chi connectivity index (χ0n) is 10.3. The largest absolute Gasteiger partial charge is 0.494 e. The quantitative estimate of drug-likeness (QED) is 0.502. The second-order valence-corrected chi connectivity index (χ2v) is 5.61. The summed E-state index contributed by atoms with van der Waals surface area (Å²) in [6.45, 7) is 2.96. The summed E-state index contributed by atoms with van der Waals surface area (Å²) in [4.78, 5) is 0. The van der Waals surface area contributed by atoms with E-state index in [1.54, 1.807) is 12.1 Å². The summed E-state index contributed by atoms with van der Waals surface area (Å²) in [5, 5.41) is 7.98. The predicted molar refractivity (Wildman–Crippen MR) is 73.1 cm³/mol. The highest BCUT2D eigenvalue weighted by molar-refractivity contribution is 7.89. The average Bonchev–Trinajstić information content (AvgIpc) is 2.23. The van der Waals surface area contributed by atoms with Crippen LogP contribution in [0.15, 0.2) is 18.2 Å². The third-order valence-electron chi connectivity index (χ3n) is 2.17. The SMILES string of the molecule is CCOc1cc(N)cc(NCCCS(N)(=O)=O)c1. The maximum absolute atomic E-state index is 10.7. The molecule has 0 amide bonds. The first-order valence-corrected chi connectivity index (χ1v) is 7.40. The van der Waals surface area contributed by atoms with E-state index >= 15 is 0 Å². The number of sulfonamides is 1. The van der Waals surface area contributed by atoms with Gasteiger partial charge in [0.1, 0.15) is 5.75 Å². The zero-order chi connectivity index (χ0) is 13.6. The van der Waals surface area contributed by atoms with Crippen molar-refractivity contribution in [3.05, 3.63) is 18.2 Å². The minimum atomic E-state index is -3.39. The first-order chi connectivity index (χ1) is 8.40. The number of nitrogens with one attached hydrogen (secondary N) is 1. The van der Waals surface area contributed by atoms with Crippen LogP contribution in [0.5, 0.6) is 5.75 Å². The maximum Gasteiger partial charge on any atom is 0.209 e. The Kier molecular flexibility index (Phi) is 5.24. The molecule has 1 rings (SSSR count). The summed E-state index contributed by atoms with van der Waals surface area (Å²) in [6.07, 6.45) is 0.442. The Balaban J connectivity index is 2.51. The highest BCUT2D eigenvalue weighted by atomic mass is 32.2. The predicted octanol–water partition coefficient (Wildman–Crippen LogP) is 0.758. The van der Waals surface area contributed by atoms with Gasteiger partial charge in [0.15, 0.2) is 0 Å². The maximum atomic E-state index is 10.7. The van der Waals surface area contributed by atoms with E-state index < -0.39 is 10.0 Å². The number of nitrogens with two attached hydrogens (primary N) is 2. The van der Waals surface area contributed by atoms with Crippen LogP contribution in [0.4, 0.5) is 11.4 Å². The van der Waals surface area contributed by atoms with Gasteiger partial charge in [-0.2, -0.15) is 0 Å². The lowest BCUT2D eigenvalue weighted by atomic mass is 10.2. The van der Waals surface area contributed by atoms with E-state index in [1.165, 1.54) is 0 Å². The van der Waals surface area contributed by atoms with Crippen molar-refractivity contribution in [1.29, 1.82) is 0 Å². The van der Waals surface area contributed by atoms with Crippen LogP contribution in [0.3, 0.4) is 0 Å². The van der Waals surface area contributed by atoms with Gasteiger partial charge in [-0.25, -0.2) is 13.6 Å². The molecule has 0 spiro atoms. The molecule has 0 radical (unpaired) electrons. The summed E-state index contributed by atoms with van der Waals surface area (Å²) in [5.41, 5.74) is 7.12. The Hall–Kier alpha value is -1.47. The third kappa shape index (κ3) is 5.74. The zero-order valence-corrected chi connectivity index (χ0v) is 11.2. The van der Waals surface area contributed by atoms with Crippen LogP contribution in [0, 0.1) is 0 Å². The van der Waals surface area contributed by atoms with Gasteiger partial charge in [-0.05, 0) is 19.4 Å². The fourth-order valence-corrected chi connectivity index (χ4v) is 2.03. The molecule has 6 nitrogen and oxygen atoms in total. The second-order valence-electron chi connectivity index (χ2n) is 3.87. The molecule has 0 aliphatic carbocycles. The highest BCUT2D eigenvalue weighted by Gasteiger charge is 2.03. The lowest BCUT2D eigenvalue weighted by Gasteiger charge is -2.10. The van der Waals surface area contributed by atoms with Crippen LogP contribution in [-0.2, 0) is 10.0 Å². The molecule has 0 bridgehead atoms. The molecular formula is C11H19N3O3S. The Morgan fingerprint density at radius 3 is 2.67 bits per heavy atom. The molecule has 0 aromatic heterocycles. The van der Waals surface area contributed by atoms with Crippen LogP contribution in [0.2, 0.25) is 0 Å². The lowest BCUT2D eigenvalue weighted by molar-refractivity contribution is 0.340. The normalized spacial score (nSPS) is 11.2. The number of primary sulfonamides is 1. The van der Waals surface area contributed by atoms with Crippen molar-refractivity contribution < 1.29 is 13.2 Å². The van der Waals surface area contributed by atoms with E-state index in [-0.39, 0.29) is 5.75 Å². The Bertz CT molecular complexity index is 488. The van der Waals surface area contributed by atoms with E-state index in [4.69, 9.17) is 15.6 Å². The highest BCUT2D eigenvalue weighted by Crippen LogP contribution is 2.22. The van der Waals surface area contributed by atoms with Crippen molar-refractivity contribution in [2.75, 3.05) is 30.0 Å². The van der Waals surface area contributed by atoms with Gasteiger partial charge in [-0.1, -0.05) is 0 Å². The number of nitrogen functional groups attached to an aromatic ring is 1. The van der Waals surface area contributed by atoms with Crippen molar-refractivity contribution in [3.8, 4) is 5.75 Å². The Morgan fingerprint density at radius 2 is 2.06 bits per heavy atom. The number of ether oxygens (including phenoxy) is 1. The van der Waals surface area contributed by atoms with Gasteiger partial charge < -0.3 is 15.8 Å². The molecule has 0 aliphatic heterocycles. The van der Waals surface area contributed by atoms with E-state index in [0.29, 0.717) is 31.0 Å². The molecule has 0 fully saturated rings. The Morgan fingerprint density at radius 1 is 1.33 bits per heavy atom. The van der Waals surface area contributed by atoms with Gasteiger partial charge in [-0.3, -0.25) is 0 Å². The van der Waals surface area contributed by atoms with Crippen LogP contribution in [-0.4, -0.2) is 27.3 Å². The van der Waals surface area contributed by atoms with Gasteiger partial charge in [0.2, 0.25) is 10.0 Å². The fourth-order valence-electron chi connectivity index (χ4n) is 1.48. The molecular weight excluding hydrogens is 254 g/mol. The number of hydrogen-bond acceptors (Lipinski definition) is 5. The summed E-state index contributed by atoms with van der Waals surface area (Å²) < 4.78 is 26.8. The van der Waals surface area contributed by atoms with E-state index in [2.05, 4.69) is 5.32 Å². The van der Waals surface area contributed by atoms with E-state index in [0.717, 1.165) is 5.69 Å². The minimum Gasteiger partial charge on any atom is -0.494 e. The number of anilines is 2. The lowest BCUT2D eigenvalue weighted by Crippen LogP contribution is -2.18. The molecule has 7 heteroatoms.